The van der Waals surface area contributed by atoms with Crippen LogP contribution in [0.2, 0.25) is 0 Å². The molecule has 1 fully saturated rings. The first-order chi connectivity index (χ1) is 15.6. The van der Waals surface area contributed by atoms with Gasteiger partial charge < -0.3 is 23.9 Å². The molecule has 0 aliphatic carbocycles. The molecule has 2 heterocycles. The molecule has 32 heavy (non-hydrogen) atoms. The Balaban J connectivity index is 1.34. The van der Waals surface area contributed by atoms with E-state index in [0.717, 1.165) is 43.0 Å². The van der Waals surface area contributed by atoms with Gasteiger partial charge in [-0.15, -0.1) is 0 Å². The number of imidazole rings is 1. The van der Waals surface area contributed by atoms with E-state index < -0.39 is 5.60 Å². The van der Waals surface area contributed by atoms with Gasteiger partial charge in [0, 0.05) is 25.5 Å². The van der Waals surface area contributed by atoms with Crippen LogP contribution in [-0.4, -0.2) is 58.6 Å². The summed E-state index contributed by atoms with van der Waals surface area (Å²) in [6, 6.07) is 15.7. The van der Waals surface area contributed by atoms with Crippen LogP contribution in [-0.2, 0) is 13.1 Å². The lowest BCUT2D eigenvalue weighted by Crippen LogP contribution is -2.51. The van der Waals surface area contributed by atoms with Crippen LogP contribution in [0, 0.1) is 0 Å². The van der Waals surface area contributed by atoms with Crippen LogP contribution in [0.3, 0.4) is 0 Å². The number of likely N-dealkylation sites (tertiary alicyclic amines) is 1. The fraction of sp³-hybridized carbons (Fsp3) is 0.400. The minimum absolute atomic E-state index is 0.290. The van der Waals surface area contributed by atoms with Gasteiger partial charge in [-0.2, -0.15) is 0 Å². The number of aliphatic hydroxyl groups is 1. The lowest BCUT2D eigenvalue weighted by atomic mass is 9.93. The Hall–Kier alpha value is -3.03. The van der Waals surface area contributed by atoms with Crippen LogP contribution >= 0.6 is 0 Å². The number of benzene rings is 2. The molecule has 0 spiro atoms. The fourth-order valence-electron chi connectivity index (χ4n) is 4.06. The number of aromatic nitrogens is 2. The van der Waals surface area contributed by atoms with Gasteiger partial charge >= 0.3 is 0 Å². The molecule has 7 nitrogen and oxygen atoms in total. The van der Waals surface area contributed by atoms with E-state index in [2.05, 4.69) is 16.0 Å². The second kappa shape index (κ2) is 10.5. The van der Waals surface area contributed by atoms with Gasteiger partial charge in [0.2, 0.25) is 0 Å². The molecule has 1 aliphatic heterocycles. The number of piperidine rings is 1. The summed E-state index contributed by atoms with van der Waals surface area (Å²) >= 11 is 0. The van der Waals surface area contributed by atoms with Crippen molar-refractivity contribution in [3.05, 3.63) is 72.8 Å². The number of hydrogen-bond acceptors (Lipinski definition) is 6. The summed E-state index contributed by atoms with van der Waals surface area (Å²) in [7, 11) is 1.65. The predicted molar refractivity (Wildman–Crippen MR) is 122 cm³/mol. The minimum atomic E-state index is -0.856. The highest BCUT2D eigenvalue weighted by molar-refractivity contribution is 5.43. The van der Waals surface area contributed by atoms with E-state index in [1.807, 2.05) is 53.2 Å². The van der Waals surface area contributed by atoms with E-state index in [1.54, 1.807) is 19.6 Å². The number of methoxy groups -OCH3 is 1. The van der Waals surface area contributed by atoms with Crippen molar-refractivity contribution in [3.63, 3.8) is 0 Å². The van der Waals surface area contributed by atoms with E-state index in [9.17, 15) is 5.11 Å². The van der Waals surface area contributed by atoms with Crippen molar-refractivity contribution in [2.24, 2.45) is 0 Å². The Morgan fingerprint density at radius 1 is 1.09 bits per heavy atom. The smallest absolute Gasteiger partial charge is 0.161 e. The third kappa shape index (κ3) is 6.02. The topological polar surface area (TPSA) is 69.0 Å². The van der Waals surface area contributed by atoms with Crippen LogP contribution in [0.4, 0.5) is 0 Å². The maximum Gasteiger partial charge on any atom is 0.161 e. The normalized spacial score (nSPS) is 18.9. The van der Waals surface area contributed by atoms with E-state index in [4.69, 9.17) is 14.2 Å². The zero-order valence-corrected chi connectivity index (χ0v) is 18.5. The van der Waals surface area contributed by atoms with Gasteiger partial charge in [0.25, 0.3) is 0 Å². The highest BCUT2D eigenvalue weighted by Crippen LogP contribution is 2.30. The molecule has 0 saturated carbocycles. The third-order valence-electron chi connectivity index (χ3n) is 5.69. The Bertz CT molecular complexity index is 965. The maximum atomic E-state index is 11.1. The minimum Gasteiger partial charge on any atom is -0.493 e. The number of nitrogens with zero attached hydrogens (tertiary/aromatic N) is 3. The monoisotopic (exact) mass is 437 g/mol. The average molecular weight is 438 g/mol. The molecule has 1 N–H and O–H groups in total. The molecule has 1 aliphatic rings. The van der Waals surface area contributed by atoms with Gasteiger partial charge in [-0.3, -0.25) is 4.90 Å². The first-order valence-corrected chi connectivity index (χ1v) is 11.0. The second-order valence-electron chi connectivity index (χ2n) is 8.27. The standard InChI is InChI=1S/C25H31N3O4/c1-30-23-9-8-21(16-24(23)31-15-14-27-13-11-26-20-27)17-28-12-5-10-25(29,18-28)19-32-22-6-3-2-4-7-22/h2-4,6-9,11,13,16,20,29H,5,10,12,14-15,17-19H2,1H3/t25-/m1/s1. The molecule has 170 valence electrons. The molecular formula is C25H31N3O4. The molecule has 1 saturated heterocycles. The van der Waals surface area contributed by atoms with Crippen molar-refractivity contribution in [1.29, 1.82) is 0 Å². The van der Waals surface area contributed by atoms with Crippen molar-refractivity contribution in [2.45, 2.75) is 31.5 Å². The predicted octanol–water partition coefficient (Wildman–Crippen LogP) is 3.38. The molecule has 3 aromatic rings. The lowest BCUT2D eigenvalue weighted by molar-refractivity contribution is -0.0621. The largest absolute Gasteiger partial charge is 0.493 e. The third-order valence-corrected chi connectivity index (χ3v) is 5.69. The van der Waals surface area contributed by atoms with Crippen LogP contribution < -0.4 is 14.2 Å². The summed E-state index contributed by atoms with van der Waals surface area (Å²) in [5.41, 5.74) is 0.265. The van der Waals surface area contributed by atoms with Gasteiger partial charge in [-0.05, 0) is 49.2 Å². The van der Waals surface area contributed by atoms with Gasteiger partial charge in [-0.25, -0.2) is 4.98 Å². The summed E-state index contributed by atoms with van der Waals surface area (Å²) in [5.74, 6) is 2.22. The average Bonchev–Trinajstić information content (AvgIpc) is 3.32. The molecule has 4 rings (SSSR count). The quantitative estimate of drug-likeness (QED) is 0.525. The van der Waals surface area contributed by atoms with Crippen LogP contribution in [0.25, 0.3) is 0 Å². The molecule has 0 amide bonds. The fourth-order valence-corrected chi connectivity index (χ4v) is 4.06. The van der Waals surface area contributed by atoms with Gasteiger partial charge in [0.1, 0.15) is 24.6 Å². The van der Waals surface area contributed by atoms with Crippen molar-refractivity contribution in [2.75, 3.05) is 33.4 Å². The molecule has 1 atom stereocenters. The van der Waals surface area contributed by atoms with Gasteiger partial charge in [0.15, 0.2) is 11.5 Å². The lowest BCUT2D eigenvalue weighted by Gasteiger charge is -2.39. The first kappa shape index (κ1) is 22.2. The summed E-state index contributed by atoms with van der Waals surface area (Å²) in [4.78, 5) is 6.32. The number of hydrogen-bond donors (Lipinski definition) is 1. The SMILES string of the molecule is COc1ccc(CN2CCC[C@](O)(COc3ccccc3)C2)cc1OCCn1ccnc1. The molecule has 2 aromatic carbocycles. The number of rotatable bonds is 10. The molecule has 0 unspecified atom stereocenters. The highest BCUT2D eigenvalue weighted by Gasteiger charge is 2.34. The van der Waals surface area contributed by atoms with Crippen molar-refractivity contribution < 1.29 is 19.3 Å². The van der Waals surface area contributed by atoms with E-state index in [-0.39, 0.29) is 0 Å². The van der Waals surface area contributed by atoms with Crippen molar-refractivity contribution >= 4 is 0 Å². The van der Waals surface area contributed by atoms with Crippen LogP contribution in [0.5, 0.6) is 17.2 Å². The van der Waals surface area contributed by atoms with Gasteiger partial charge in [0.05, 0.1) is 20.0 Å². The number of β-amino-alcohol motifs (C(OH)–C–C–N with tert-alkyl or cyclic N) is 1. The van der Waals surface area contributed by atoms with E-state index in [0.29, 0.717) is 32.1 Å². The maximum absolute atomic E-state index is 11.1. The molecule has 7 heteroatoms. The highest BCUT2D eigenvalue weighted by atomic mass is 16.5. The second-order valence-corrected chi connectivity index (χ2v) is 8.27. The number of ether oxygens (including phenoxy) is 3. The van der Waals surface area contributed by atoms with E-state index in [1.165, 1.54) is 0 Å². The summed E-state index contributed by atoms with van der Waals surface area (Å²) in [6.07, 6.45) is 7.11. The Morgan fingerprint density at radius 3 is 2.75 bits per heavy atom. The Kier molecular flexibility index (Phi) is 7.29. The van der Waals surface area contributed by atoms with Crippen LogP contribution in [0.1, 0.15) is 18.4 Å². The Morgan fingerprint density at radius 2 is 1.97 bits per heavy atom. The van der Waals surface area contributed by atoms with Crippen molar-refractivity contribution in [3.8, 4) is 17.2 Å². The molecule has 0 radical (unpaired) electrons. The molecular weight excluding hydrogens is 406 g/mol. The Labute approximate surface area is 189 Å². The van der Waals surface area contributed by atoms with Crippen LogP contribution in [0.15, 0.2) is 67.3 Å². The zero-order valence-electron chi connectivity index (χ0n) is 18.5. The summed E-state index contributed by atoms with van der Waals surface area (Å²) < 4.78 is 19.3. The zero-order chi connectivity index (χ0) is 22.2. The molecule has 0 bridgehead atoms. The summed E-state index contributed by atoms with van der Waals surface area (Å²) in [6.45, 7) is 3.78. The van der Waals surface area contributed by atoms with E-state index >= 15 is 0 Å². The number of para-hydroxylation sites is 1. The summed E-state index contributed by atoms with van der Waals surface area (Å²) in [5, 5.41) is 11.1. The van der Waals surface area contributed by atoms with Crippen molar-refractivity contribution in [1.82, 2.24) is 14.5 Å². The first-order valence-electron chi connectivity index (χ1n) is 11.0. The molecule has 1 aromatic heterocycles. The van der Waals surface area contributed by atoms with Gasteiger partial charge in [-0.1, -0.05) is 24.3 Å².